The number of hydrogen-bond donors (Lipinski definition) is 3. The summed E-state index contributed by atoms with van der Waals surface area (Å²) in [5.74, 6) is 2.63. The molecule has 0 saturated heterocycles. The summed E-state index contributed by atoms with van der Waals surface area (Å²) in [4.78, 5) is 21.6. The number of nitriles is 1. The van der Waals surface area contributed by atoms with Gasteiger partial charge in [-0.2, -0.15) is 10.2 Å². The summed E-state index contributed by atoms with van der Waals surface area (Å²) in [5.41, 5.74) is 1.21. The van der Waals surface area contributed by atoms with E-state index in [9.17, 15) is 10.1 Å². The molecule has 0 spiro atoms. The highest BCUT2D eigenvalue weighted by Crippen LogP contribution is 2.60. The van der Waals surface area contributed by atoms with Crippen LogP contribution in [0.25, 0.3) is 10.1 Å². The molecular formula is C30H35ClN6O2S. The number of halogens is 1. The Morgan fingerprint density at radius 2 is 2.00 bits per heavy atom. The molecule has 2 heterocycles. The van der Waals surface area contributed by atoms with Crippen molar-refractivity contribution in [3.05, 3.63) is 45.9 Å². The fourth-order valence-electron chi connectivity index (χ4n) is 7.41. The van der Waals surface area contributed by atoms with Crippen molar-refractivity contribution in [3.8, 4) is 6.07 Å². The number of rotatable bonds is 7. The molecule has 2 aromatic heterocycles. The molecule has 7 rings (SSSR count). The predicted octanol–water partition coefficient (Wildman–Crippen LogP) is 6.96. The van der Waals surface area contributed by atoms with Gasteiger partial charge in [-0.15, -0.1) is 11.3 Å². The molecule has 4 fully saturated rings. The minimum absolute atomic E-state index is 0.142. The van der Waals surface area contributed by atoms with Crippen LogP contribution in [0.4, 0.5) is 16.6 Å². The van der Waals surface area contributed by atoms with E-state index in [2.05, 4.69) is 32.4 Å². The molecule has 4 aliphatic rings. The normalized spacial score (nSPS) is 26.9. The number of alkyl carbamates (subject to hydrolysis) is 1. The van der Waals surface area contributed by atoms with Crippen molar-refractivity contribution >= 4 is 50.9 Å². The molecular weight excluding hydrogens is 544 g/mol. The third-order valence-corrected chi connectivity index (χ3v) is 9.92. The summed E-state index contributed by atoms with van der Waals surface area (Å²) in [6.45, 7) is 7.01. The van der Waals surface area contributed by atoms with Crippen molar-refractivity contribution in [2.75, 3.05) is 17.2 Å². The van der Waals surface area contributed by atoms with Gasteiger partial charge in [0, 0.05) is 28.9 Å². The molecule has 1 amide bonds. The van der Waals surface area contributed by atoms with E-state index in [1.165, 1.54) is 11.1 Å². The molecule has 210 valence electrons. The van der Waals surface area contributed by atoms with Crippen LogP contribution in [0.15, 0.2) is 29.8 Å². The van der Waals surface area contributed by atoms with Crippen LogP contribution in [0.5, 0.6) is 0 Å². The number of ether oxygens (including phenoxy) is 1. The Kier molecular flexibility index (Phi) is 7.04. The maximum absolute atomic E-state index is 12.5. The van der Waals surface area contributed by atoms with Gasteiger partial charge < -0.3 is 20.7 Å². The van der Waals surface area contributed by atoms with Gasteiger partial charge in [-0.1, -0.05) is 11.6 Å². The van der Waals surface area contributed by atoms with Gasteiger partial charge in [0.1, 0.15) is 23.1 Å². The zero-order valence-corrected chi connectivity index (χ0v) is 24.7. The van der Waals surface area contributed by atoms with E-state index >= 15 is 0 Å². The van der Waals surface area contributed by atoms with Crippen molar-refractivity contribution < 1.29 is 9.53 Å². The summed E-state index contributed by atoms with van der Waals surface area (Å²) >= 11 is 7.90. The first-order valence-corrected chi connectivity index (χ1v) is 15.3. The summed E-state index contributed by atoms with van der Waals surface area (Å²) in [5, 5.41) is 23.8. The van der Waals surface area contributed by atoms with Gasteiger partial charge in [-0.3, -0.25) is 0 Å². The number of benzene rings is 1. The Morgan fingerprint density at radius 3 is 2.73 bits per heavy atom. The lowest BCUT2D eigenvalue weighted by molar-refractivity contribution is -0.0703. The minimum Gasteiger partial charge on any atom is -0.444 e. The van der Waals surface area contributed by atoms with Gasteiger partial charge >= 0.3 is 6.09 Å². The van der Waals surface area contributed by atoms with E-state index in [4.69, 9.17) is 21.3 Å². The lowest BCUT2D eigenvalue weighted by Gasteiger charge is -2.60. The Hall–Kier alpha value is -3.09. The topological polar surface area (TPSA) is 112 Å². The molecule has 8 nitrogen and oxygen atoms in total. The first kappa shape index (κ1) is 27.1. The first-order chi connectivity index (χ1) is 19.1. The zero-order chi connectivity index (χ0) is 28.1. The molecule has 1 aromatic carbocycles. The van der Waals surface area contributed by atoms with Crippen molar-refractivity contribution in [3.63, 3.8) is 0 Å². The van der Waals surface area contributed by atoms with Crippen LogP contribution < -0.4 is 16.0 Å². The predicted molar refractivity (Wildman–Crippen MR) is 159 cm³/mol. The number of aromatic nitrogens is 2. The van der Waals surface area contributed by atoms with Gasteiger partial charge in [0.15, 0.2) is 0 Å². The number of amides is 1. The second kappa shape index (κ2) is 10.4. The van der Waals surface area contributed by atoms with Crippen LogP contribution in [-0.4, -0.2) is 34.2 Å². The maximum Gasteiger partial charge on any atom is 0.407 e. The summed E-state index contributed by atoms with van der Waals surface area (Å²) in [7, 11) is 0. The largest absolute Gasteiger partial charge is 0.444 e. The van der Waals surface area contributed by atoms with Gasteiger partial charge in [-0.25, -0.2) is 9.78 Å². The van der Waals surface area contributed by atoms with E-state index in [1.807, 2.05) is 39.0 Å². The second-order valence-electron chi connectivity index (χ2n) is 12.8. The van der Waals surface area contributed by atoms with E-state index in [0.29, 0.717) is 46.7 Å². The van der Waals surface area contributed by atoms with Gasteiger partial charge in [0.25, 0.3) is 0 Å². The Labute approximate surface area is 243 Å². The molecule has 5 atom stereocenters. The third-order valence-electron chi connectivity index (χ3n) is 8.68. The number of carbonyl (C=O) groups excluding carboxylic acids is 1. The van der Waals surface area contributed by atoms with E-state index in [0.717, 1.165) is 43.2 Å². The van der Waals surface area contributed by atoms with Crippen molar-refractivity contribution in [2.24, 2.45) is 23.2 Å². The van der Waals surface area contributed by atoms with Crippen LogP contribution in [0.2, 0.25) is 5.02 Å². The standard InChI is InChI=1S/C30H35ClN6O2S/c1-29(2,3)39-28(38)36-25-18-6-17-7-19(25)11-30(9-17,10-18)16-35-26-20(12-32)13-33-27(37-26)34-14-21-15-40-24-5-4-22(31)8-23(21)24/h4-5,8,13,15,17-19,25H,6-7,9-11,14,16H2,1-3H3,(H,36,38)(H2,33,34,35,37)/t17?,18-,19+,25?,30?. The smallest absolute Gasteiger partial charge is 0.407 e. The fourth-order valence-corrected chi connectivity index (χ4v) is 8.52. The second-order valence-corrected chi connectivity index (χ2v) is 14.2. The van der Waals surface area contributed by atoms with Crippen LogP contribution in [0, 0.1) is 34.5 Å². The molecule has 3 N–H and O–H groups in total. The zero-order valence-electron chi connectivity index (χ0n) is 23.1. The number of carbonyl (C=O) groups is 1. The van der Waals surface area contributed by atoms with E-state index in [1.54, 1.807) is 17.5 Å². The van der Waals surface area contributed by atoms with Crippen LogP contribution in [-0.2, 0) is 11.3 Å². The molecule has 0 radical (unpaired) electrons. The number of nitrogens with one attached hydrogen (secondary N) is 3. The van der Waals surface area contributed by atoms with Gasteiger partial charge in [-0.05, 0) is 111 Å². The number of hydrogen-bond acceptors (Lipinski definition) is 8. The highest BCUT2D eigenvalue weighted by molar-refractivity contribution is 7.17. The van der Waals surface area contributed by atoms with Gasteiger partial charge in [0.05, 0.1) is 6.20 Å². The molecule has 4 bridgehead atoms. The summed E-state index contributed by atoms with van der Waals surface area (Å²) < 4.78 is 6.75. The highest BCUT2D eigenvalue weighted by atomic mass is 35.5. The quantitative estimate of drug-likeness (QED) is 0.278. The number of thiophene rings is 1. The van der Waals surface area contributed by atoms with E-state index < -0.39 is 5.60 Å². The minimum atomic E-state index is -0.504. The lowest BCUT2D eigenvalue weighted by atomic mass is 9.48. The SMILES string of the molecule is CC(C)(C)OC(=O)NC1[C@@H]2CC3C[C@H]1CC(CNc1nc(NCc4csc5ccc(Cl)cc45)ncc1C#N)(C3)C2. The van der Waals surface area contributed by atoms with Crippen molar-refractivity contribution in [2.45, 2.75) is 71.1 Å². The summed E-state index contributed by atoms with van der Waals surface area (Å²) in [6, 6.07) is 8.33. The number of fused-ring (bicyclic) bond motifs is 1. The Morgan fingerprint density at radius 1 is 1.23 bits per heavy atom. The molecule has 10 heteroatoms. The van der Waals surface area contributed by atoms with Crippen LogP contribution in [0.1, 0.15) is 64.0 Å². The Balaban J connectivity index is 1.12. The first-order valence-electron chi connectivity index (χ1n) is 14.0. The molecule has 3 unspecified atom stereocenters. The average Bonchev–Trinajstić information content (AvgIpc) is 3.29. The van der Waals surface area contributed by atoms with Gasteiger partial charge in [0.2, 0.25) is 5.95 Å². The fraction of sp³-hybridized carbons (Fsp3) is 0.533. The monoisotopic (exact) mass is 578 g/mol. The van der Waals surface area contributed by atoms with E-state index in [-0.39, 0.29) is 17.6 Å². The van der Waals surface area contributed by atoms with Crippen LogP contribution >= 0.6 is 22.9 Å². The van der Waals surface area contributed by atoms with Crippen molar-refractivity contribution in [1.29, 1.82) is 5.26 Å². The maximum atomic E-state index is 12.5. The lowest BCUT2D eigenvalue weighted by Crippen LogP contribution is -2.60. The number of nitrogens with zero attached hydrogens (tertiary/aromatic N) is 3. The third kappa shape index (κ3) is 5.57. The molecule has 4 saturated carbocycles. The molecule has 40 heavy (non-hydrogen) atoms. The number of anilines is 2. The highest BCUT2D eigenvalue weighted by Gasteiger charge is 2.55. The molecule has 0 aliphatic heterocycles. The molecule has 4 aliphatic carbocycles. The van der Waals surface area contributed by atoms with Crippen LogP contribution in [0.3, 0.4) is 0 Å². The molecule has 3 aromatic rings. The van der Waals surface area contributed by atoms with Crippen molar-refractivity contribution in [1.82, 2.24) is 15.3 Å². The Bertz CT molecular complexity index is 1460. The average molecular weight is 579 g/mol. The summed E-state index contributed by atoms with van der Waals surface area (Å²) in [6.07, 6.45) is 6.88.